The average molecular weight is 184 g/mol. The van der Waals surface area contributed by atoms with Crippen LogP contribution in [-0.2, 0) is 4.79 Å². The summed E-state index contributed by atoms with van der Waals surface area (Å²) in [6, 6.07) is 0. The van der Waals surface area contributed by atoms with Crippen LogP contribution in [0.1, 0.15) is 46.5 Å². The molecular weight excluding hydrogens is 164 g/mol. The molecule has 1 aliphatic rings. The molecule has 0 heterocycles. The maximum Gasteiger partial charge on any atom is 0.123 e. The fourth-order valence-corrected chi connectivity index (χ4v) is 1.87. The molecule has 1 aliphatic carbocycles. The Morgan fingerprint density at radius 1 is 1.62 bits per heavy atom. The Bertz CT molecular complexity index is 193. The second kappa shape index (κ2) is 3.41. The Kier molecular flexibility index (Phi) is 2.81. The third-order valence-electron chi connectivity index (χ3n) is 3.12. The third kappa shape index (κ3) is 3.11. The van der Waals surface area contributed by atoms with Gasteiger partial charge in [0.15, 0.2) is 0 Å². The molecule has 2 nitrogen and oxygen atoms in total. The van der Waals surface area contributed by atoms with Crippen molar-refractivity contribution in [3.8, 4) is 0 Å². The Labute approximate surface area is 80.3 Å². The van der Waals surface area contributed by atoms with Gasteiger partial charge in [-0.2, -0.15) is 0 Å². The average Bonchev–Trinajstić information content (AvgIpc) is 2.59. The number of rotatable bonds is 5. The Balaban J connectivity index is 2.18. The van der Waals surface area contributed by atoms with Gasteiger partial charge in [0.1, 0.15) is 6.29 Å². The lowest BCUT2D eigenvalue weighted by atomic mass is 9.94. The van der Waals surface area contributed by atoms with Gasteiger partial charge in [0.2, 0.25) is 0 Å². The van der Waals surface area contributed by atoms with Crippen molar-refractivity contribution in [3.05, 3.63) is 0 Å². The van der Waals surface area contributed by atoms with Gasteiger partial charge < -0.3 is 9.90 Å². The van der Waals surface area contributed by atoms with E-state index in [1.165, 1.54) is 0 Å². The van der Waals surface area contributed by atoms with Crippen molar-refractivity contribution in [1.29, 1.82) is 0 Å². The first-order chi connectivity index (χ1) is 5.87. The number of hydrogen-bond donors (Lipinski definition) is 1. The summed E-state index contributed by atoms with van der Waals surface area (Å²) in [7, 11) is 0. The van der Waals surface area contributed by atoms with Crippen LogP contribution in [-0.4, -0.2) is 17.0 Å². The second-order valence-electron chi connectivity index (χ2n) is 5.27. The standard InChI is InChI=1S/C11H20O2/c1-10(2,13)5-4-6-11(3)7-9(11)8-12/h8-9,13H,4-7H2,1-3H3/t9-,11-/m0/s1. The molecule has 0 spiro atoms. The van der Waals surface area contributed by atoms with Gasteiger partial charge in [-0.15, -0.1) is 0 Å². The highest BCUT2D eigenvalue weighted by Crippen LogP contribution is 2.54. The Morgan fingerprint density at radius 2 is 2.23 bits per heavy atom. The summed E-state index contributed by atoms with van der Waals surface area (Å²) in [5, 5.41) is 9.49. The molecule has 1 fully saturated rings. The van der Waals surface area contributed by atoms with E-state index in [4.69, 9.17) is 0 Å². The van der Waals surface area contributed by atoms with E-state index in [1.807, 2.05) is 13.8 Å². The summed E-state index contributed by atoms with van der Waals surface area (Å²) in [4.78, 5) is 10.5. The van der Waals surface area contributed by atoms with E-state index in [9.17, 15) is 9.90 Å². The second-order valence-corrected chi connectivity index (χ2v) is 5.27. The quantitative estimate of drug-likeness (QED) is 0.665. The van der Waals surface area contributed by atoms with E-state index in [1.54, 1.807) is 0 Å². The van der Waals surface area contributed by atoms with Crippen LogP contribution in [0.2, 0.25) is 0 Å². The first-order valence-corrected chi connectivity index (χ1v) is 5.05. The van der Waals surface area contributed by atoms with E-state index in [0.29, 0.717) is 0 Å². The molecule has 13 heavy (non-hydrogen) atoms. The molecule has 0 aromatic heterocycles. The zero-order valence-corrected chi connectivity index (χ0v) is 8.84. The molecular formula is C11H20O2. The summed E-state index contributed by atoms with van der Waals surface area (Å²) in [6.45, 7) is 5.83. The molecule has 0 bridgehead atoms. The first kappa shape index (κ1) is 10.7. The number of carbonyl (C=O) groups is 1. The van der Waals surface area contributed by atoms with E-state index >= 15 is 0 Å². The van der Waals surface area contributed by atoms with E-state index < -0.39 is 5.60 Å². The van der Waals surface area contributed by atoms with Crippen molar-refractivity contribution in [2.24, 2.45) is 11.3 Å². The van der Waals surface area contributed by atoms with Gasteiger partial charge in [-0.1, -0.05) is 13.3 Å². The Morgan fingerprint density at radius 3 is 2.62 bits per heavy atom. The lowest BCUT2D eigenvalue weighted by Crippen LogP contribution is -2.18. The van der Waals surface area contributed by atoms with Gasteiger partial charge in [-0.25, -0.2) is 0 Å². The molecule has 1 rings (SSSR count). The topological polar surface area (TPSA) is 37.3 Å². The van der Waals surface area contributed by atoms with Gasteiger partial charge in [-0.3, -0.25) is 0 Å². The van der Waals surface area contributed by atoms with Gasteiger partial charge in [0.05, 0.1) is 5.60 Å². The van der Waals surface area contributed by atoms with Crippen molar-refractivity contribution in [3.63, 3.8) is 0 Å². The van der Waals surface area contributed by atoms with Crippen LogP contribution in [0, 0.1) is 11.3 Å². The lowest BCUT2D eigenvalue weighted by Gasteiger charge is -2.18. The predicted octanol–water partition coefficient (Wildman–Crippen LogP) is 2.15. The molecule has 1 saturated carbocycles. The van der Waals surface area contributed by atoms with Crippen LogP contribution in [0.3, 0.4) is 0 Å². The molecule has 0 unspecified atom stereocenters. The molecule has 0 aromatic rings. The molecule has 2 atom stereocenters. The first-order valence-electron chi connectivity index (χ1n) is 5.05. The highest BCUT2D eigenvalue weighted by Gasteiger charge is 2.48. The normalized spacial score (nSPS) is 33.1. The minimum Gasteiger partial charge on any atom is -0.390 e. The van der Waals surface area contributed by atoms with Crippen LogP contribution in [0.5, 0.6) is 0 Å². The zero-order chi connectivity index (χ0) is 10.1. The summed E-state index contributed by atoms with van der Waals surface area (Å²) in [5.74, 6) is 0.286. The van der Waals surface area contributed by atoms with Gasteiger partial charge in [0, 0.05) is 5.92 Å². The predicted molar refractivity (Wildman–Crippen MR) is 52.4 cm³/mol. The minimum absolute atomic E-state index is 0.257. The number of aldehydes is 1. The fraction of sp³-hybridized carbons (Fsp3) is 0.909. The van der Waals surface area contributed by atoms with Crippen LogP contribution >= 0.6 is 0 Å². The van der Waals surface area contributed by atoms with Gasteiger partial charge in [-0.05, 0) is 38.5 Å². The summed E-state index contributed by atoms with van der Waals surface area (Å²) < 4.78 is 0. The molecule has 0 amide bonds. The highest BCUT2D eigenvalue weighted by molar-refractivity contribution is 5.59. The molecule has 2 heteroatoms. The smallest absolute Gasteiger partial charge is 0.123 e. The molecule has 0 aromatic carbocycles. The zero-order valence-electron chi connectivity index (χ0n) is 8.84. The lowest BCUT2D eigenvalue weighted by molar-refractivity contribution is -0.109. The maximum atomic E-state index is 10.5. The van der Waals surface area contributed by atoms with E-state index in [0.717, 1.165) is 32.0 Å². The number of carbonyl (C=O) groups excluding carboxylic acids is 1. The van der Waals surface area contributed by atoms with Crippen molar-refractivity contribution < 1.29 is 9.90 Å². The van der Waals surface area contributed by atoms with Crippen molar-refractivity contribution in [2.75, 3.05) is 0 Å². The van der Waals surface area contributed by atoms with Crippen LogP contribution in [0.15, 0.2) is 0 Å². The summed E-state index contributed by atoms with van der Waals surface area (Å²) in [5.41, 5.74) is -0.297. The van der Waals surface area contributed by atoms with Crippen LogP contribution < -0.4 is 0 Å². The summed E-state index contributed by atoms with van der Waals surface area (Å²) in [6.07, 6.45) is 5.03. The van der Waals surface area contributed by atoms with Crippen molar-refractivity contribution >= 4 is 6.29 Å². The number of hydrogen-bond acceptors (Lipinski definition) is 2. The largest absolute Gasteiger partial charge is 0.390 e. The SMILES string of the molecule is CC(C)(O)CCC[C@@]1(C)C[C@H]1C=O. The monoisotopic (exact) mass is 184 g/mol. The van der Waals surface area contributed by atoms with Crippen LogP contribution in [0.4, 0.5) is 0 Å². The maximum absolute atomic E-state index is 10.5. The van der Waals surface area contributed by atoms with Gasteiger partial charge >= 0.3 is 0 Å². The molecule has 0 aliphatic heterocycles. The molecule has 1 N–H and O–H groups in total. The molecule has 76 valence electrons. The van der Waals surface area contributed by atoms with Crippen molar-refractivity contribution in [1.82, 2.24) is 0 Å². The van der Waals surface area contributed by atoms with Crippen LogP contribution in [0.25, 0.3) is 0 Å². The molecule has 0 radical (unpaired) electrons. The van der Waals surface area contributed by atoms with Gasteiger partial charge in [0.25, 0.3) is 0 Å². The highest BCUT2D eigenvalue weighted by atomic mass is 16.3. The molecule has 0 saturated heterocycles. The minimum atomic E-state index is -0.554. The summed E-state index contributed by atoms with van der Waals surface area (Å²) >= 11 is 0. The number of aliphatic hydroxyl groups is 1. The Hall–Kier alpha value is -0.370. The third-order valence-corrected chi connectivity index (χ3v) is 3.12. The van der Waals surface area contributed by atoms with E-state index in [-0.39, 0.29) is 11.3 Å². The fourth-order valence-electron chi connectivity index (χ4n) is 1.87. The van der Waals surface area contributed by atoms with E-state index in [2.05, 4.69) is 6.92 Å². The van der Waals surface area contributed by atoms with Crippen molar-refractivity contribution in [2.45, 2.75) is 52.1 Å².